The van der Waals surface area contributed by atoms with E-state index < -0.39 is 16.2 Å². The van der Waals surface area contributed by atoms with E-state index in [0.29, 0.717) is 15.6 Å². The van der Waals surface area contributed by atoms with Crippen LogP contribution in [0.5, 0.6) is 0 Å². The lowest BCUT2D eigenvalue weighted by atomic mass is 10.2. The normalized spacial score (nSPS) is 10.4. The Morgan fingerprint density at radius 2 is 1.79 bits per heavy atom. The predicted molar refractivity (Wildman–Crippen MR) is 72.9 cm³/mol. The Morgan fingerprint density at radius 1 is 1.16 bits per heavy atom. The van der Waals surface area contributed by atoms with Crippen LogP contribution >= 0.6 is 23.2 Å². The standard InChI is InChI=1S/C12H8Cl2N2O3/c13-9-3-1-4-10(14)8(9)7-15-6-2-5-11(12(15)17)16(18)19/h1-6H,7H2. The average Bonchev–Trinajstić information content (AvgIpc) is 2.35. The lowest BCUT2D eigenvalue weighted by Crippen LogP contribution is -2.22. The van der Waals surface area contributed by atoms with Crippen molar-refractivity contribution in [2.75, 3.05) is 0 Å². The van der Waals surface area contributed by atoms with Gasteiger partial charge in [-0.3, -0.25) is 14.9 Å². The van der Waals surface area contributed by atoms with E-state index >= 15 is 0 Å². The van der Waals surface area contributed by atoms with Crippen molar-refractivity contribution in [3.05, 3.63) is 72.6 Å². The highest BCUT2D eigenvalue weighted by molar-refractivity contribution is 6.35. The molecular weight excluding hydrogens is 291 g/mol. The third kappa shape index (κ3) is 2.77. The second-order valence-corrected chi connectivity index (χ2v) is 4.60. The highest BCUT2D eigenvalue weighted by atomic mass is 35.5. The van der Waals surface area contributed by atoms with Crippen LogP contribution in [0.2, 0.25) is 10.0 Å². The number of aromatic nitrogens is 1. The van der Waals surface area contributed by atoms with Gasteiger partial charge in [-0.2, -0.15) is 0 Å². The molecule has 0 unspecified atom stereocenters. The van der Waals surface area contributed by atoms with E-state index in [-0.39, 0.29) is 6.54 Å². The van der Waals surface area contributed by atoms with Gasteiger partial charge in [0.1, 0.15) is 0 Å². The summed E-state index contributed by atoms with van der Waals surface area (Å²) in [5.74, 6) is 0. The van der Waals surface area contributed by atoms with Crippen LogP contribution < -0.4 is 5.56 Å². The maximum Gasteiger partial charge on any atom is 0.334 e. The first-order valence-electron chi connectivity index (χ1n) is 5.27. The molecule has 1 aromatic heterocycles. The molecule has 0 amide bonds. The van der Waals surface area contributed by atoms with Gasteiger partial charge in [0.15, 0.2) is 0 Å². The first kappa shape index (κ1) is 13.6. The first-order valence-corrected chi connectivity index (χ1v) is 6.03. The van der Waals surface area contributed by atoms with Crippen LogP contribution in [-0.4, -0.2) is 9.49 Å². The molecule has 1 heterocycles. The molecule has 0 aliphatic rings. The molecule has 1 aromatic carbocycles. The van der Waals surface area contributed by atoms with Crippen LogP contribution in [0.15, 0.2) is 41.3 Å². The van der Waals surface area contributed by atoms with Crippen molar-refractivity contribution in [3.63, 3.8) is 0 Å². The lowest BCUT2D eigenvalue weighted by molar-refractivity contribution is -0.386. The van der Waals surface area contributed by atoms with Crippen LogP contribution in [0, 0.1) is 10.1 Å². The van der Waals surface area contributed by atoms with Crippen molar-refractivity contribution in [2.45, 2.75) is 6.54 Å². The highest BCUT2D eigenvalue weighted by Crippen LogP contribution is 2.24. The number of hydrogen-bond donors (Lipinski definition) is 0. The van der Waals surface area contributed by atoms with Crippen LogP contribution in [-0.2, 0) is 6.54 Å². The first-order chi connectivity index (χ1) is 9.00. The Bertz CT molecular complexity index is 677. The zero-order valence-electron chi connectivity index (χ0n) is 9.55. The molecule has 2 rings (SSSR count). The van der Waals surface area contributed by atoms with E-state index in [2.05, 4.69) is 0 Å². The monoisotopic (exact) mass is 298 g/mol. The van der Waals surface area contributed by atoms with Crippen molar-refractivity contribution in [2.24, 2.45) is 0 Å². The van der Waals surface area contributed by atoms with Gasteiger partial charge in [-0.15, -0.1) is 0 Å². The minimum absolute atomic E-state index is 0.0824. The van der Waals surface area contributed by atoms with Gasteiger partial charge < -0.3 is 4.57 Å². The minimum atomic E-state index is -0.715. The molecule has 0 radical (unpaired) electrons. The Labute approximate surface area is 118 Å². The fourth-order valence-electron chi connectivity index (χ4n) is 1.64. The summed E-state index contributed by atoms with van der Waals surface area (Å²) in [6, 6.07) is 7.57. The van der Waals surface area contributed by atoms with E-state index in [1.54, 1.807) is 18.2 Å². The summed E-state index contributed by atoms with van der Waals surface area (Å²) >= 11 is 12.0. The third-order valence-electron chi connectivity index (χ3n) is 2.59. The fraction of sp³-hybridized carbons (Fsp3) is 0.0833. The van der Waals surface area contributed by atoms with E-state index in [1.807, 2.05) is 0 Å². The molecule has 0 saturated heterocycles. The number of nitrogens with zero attached hydrogens (tertiary/aromatic N) is 2. The van der Waals surface area contributed by atoms with Gasteiger partial charge in [-0.25, -0.2) is 0 Å². The second kappa shape index (κ2) is 5.42. The SMILES string of the molecule is O=c1c([N+](=O)[O-])cccn1Cc1c(Cl)cccc1Cl. The molecule has 7 heteroatoms. The Morgan fingerprint density at radius 3 is 2.37 bits per heavy atom. The predicted octanol–water partition coefficient (Wildman–Crippen LogP) is 3.11. The van der Waals surface area contributed by atoms with E-state index in [0.717, 1.165) is 6.07 Å². The van der Waals surface area contributed by atoms with E-state index in [9.17, 15) is 14.9 Å². The smallest absolute Gasteiger partial charge is 0.305 e. The van der Waals surface area contributed by atoms with E-state index in [4.69, 9.17) is 23.2 Å². The van der Waals surface area contributed by atoms with Gasteiger partial charge in [0.25, 0.3) is 0 Å². The average molecular weight is 299 g/mol. The molecule has 0 atom stereocenters. The second-order valence-electron chi connectivity index (χ2n) is 3.78. The molecule has 2 aromatic rings. The number of hydrogen-bond acceptors (Lipinski definition) is 3. The van der Waals surface area contributed by atoms with E-state index in [1.165, 1.54) is 16.8 Å². The van der Waals surface area contributed by atoms with Crippen LogP contribution in [0.4, 0.5) is 5.69 Å². The zero-order valence-corrected chi connectivity index (χ0v) is 11.1. The van der Waals surface area contributed by atoms with Gasteiger partial charge in [-0.05, 0) is 18.2 Å². The molecule has 19 heavy (non-hydrogen) atoms. The Balaban J connectivity index is 2.48. The van der Waals surface area contributed by atoms with Crippen LogP contribution in [0.1, 0.15) is 5.56 Å². The molecule has 98 valence electrons. The summed E-state index contributed by atoms with van der Waals surface area (Å²) in [5, 5.41) is 11.5. The van der Waals surface area contributed by atoms with Gasteiger partial charge in [-0.1, -0.05) is 29.3 Å². The number of halogens is 2. The molecule has 0 bridgehead atoms. The number of nitro groups is 1. The summed E-state index contributed by atoms with van der Waals surface area (Å²) in [7, 11) is 0. The maximum absolute atomic E-state index is 11.9. The van der Waals surface area contributed by atoms with Crippen molar-refractivity contribution >= 4 is 28.9 Å². The Hall–Kier alpha value is -1.85. The van der Waals surface area contributed by atoms with Gasteiger partial charge >= 0.3 is 11.2 Å². The summed E-state index contributed by atoms with van der Waals surface area (Å²) in [6.45, 7) is 0.0824. The van der Waals surface area contributed by atoms with Crippen LogP contribution in [0.25, 0.3) is 0 Å². The van der Waals surface area contributed by atoms with Gasteiger partial charge in [0.05, 0.1) is 11.5 Å². The number of benzene rings is 1. The fourth-order valence-corrected chi connectivity index (χ4v) is 2.16. The third-order valence-corrected chi connectivity index (χ3v) is 3.30. The molecule has 5 nitrogen and oxygen atoms in total. The summed E-state index contributed by atoms with van der Waals surface area (Å²) < 4.78 is 1.20. The molecule has 0 spiro atoms. The van der Waals surface area contributed by atoms with Crippen molar-refractivity contribution in [1.29, 1.82) is 0 Å². The maximum atomic E-state index is 11.9. The molecule has 0 N–H and O–H groups in total. The highest BCUT2D eigenvalue weighted by Gasteiger charge is 2.15. The number of pyridine rings is 1. The molecule has 0 saturated carbocycles. The van der Waals surface area contributed by atoms with Gasteiger partial charge in [0, 0.05) is 27.9 Å². The largest absolute Gasteiger partial charge is 0.334 e. The lowest BCUT2D eigenvalue weighted by Gasteiger charge is -2.09. The van der Waals surface area contributed by atoms with Crippen LogP contribution in [0.3, 0.4) is 0 Å². The summed E-state index contributed by atoms with van der Waals surface area (Å²) in [5.41, 5.74) is -0.623. The van der Waals surface area contributed by atoms with Gasteiger partial charge in [0.2, 0.25) is 0 Å². The quantitative estimate of drug-likeness (QED) is 0.646. The molecule has 0 fully saturated rings. The van der Waals surface area contributed by atoms with Crippen molar-refractivity contribution in [3.8, 4) is 0 Å². The molecule has 0 aliphatic carbocycles. The summed E-state index contributed by atoms with van der Waals surface area (Å²) in [6.07, 6.45) is 1.45. The van der Waals surface area contributed by atoms with Crippen molar-refractivity contribution < 1.29 is 4.92 Å². The number of rotatable bonds is 3. The molecule has 0 aliphatic heterocycles. The summed E-state index contributed by atoms with van der Waals surface area (Å²) in [4.78, 5) is 21.9. The topological polar surface area (TPSA) is 65.1 Å². The Kier molecular flexibility index (Phi) is 3.87. The molecular formula is C12H8Cl2N2O3. The van der Waals surface area contributed by atoms with Crippen molar-refractivity contribution in [1.82, 2.24) is 4.57 Å². The zero-order chi connectivity index (χ0) is 14.0. The minimum Gasteiger partial charge on any atom is -0.305 e.